The molecule has 1 aliphatic carbocycles. The maximum atomic E-state index is 13.1. The number of thiophene rings is 1. The van der Waals surface area contributed by atoms with Gasteiger partial charge in [-0.05, 0) is 36.6 Å². The molecule has 2 aliphatic rings. The highest BCUT2D eigenvalue weighted by Crippen LogP contribution is 2.50. The second kappa shape index (κ2) is 5.82. The molecule has 1 saturated carbocycles. The van der Waals surface area contributed by atoms with Crippen molar-refractivity contribution in [2.75, 3.05) is 20.2 Å². The van der Waals surface area contributed by atoms with Crippen molar-refractivity contribution < 1.29 is 27.9 Å². The molecule has 0 radical (unpaired) electrons. The van der Waals surface area contributed by atoms with Crippen LogP contribution in [0.5, 0.6) is 0 Å². The quantitative estimate of drug-likeness (QED) is 0.807. The summed E-state index contributed by atoms with van der Waals surface area (Å²) < 4.78 is 32.1. The number of carboxylic acids is 1. The zero-order valence-electron chi connectivity index (χ0n) is 13.4. The summed E-state index contributed by atoms with van der Waals surface area (Å²) in [5.74, 6) is -1.80. The van der Waals surface area contributed by atoms with E-state index in [9.17, 15) is 23.1 Å². The summed E-state index contributed by atoms with van der Waals surface area (Å²) in [7, 11) is -2.74. The van der Waals surface area contributed by atoms with Crippen LogP contribution in [-0.4, -0.2) is 50.0 Å². The number of aryl methyl sites for hydroxylation is 1. The number of hydrogen-bond donors (Lipinski definition) is 1. The number of rotatable bonds is 4. The van der Waals surface area contributed by atoms with Gasteiger partial charge in [-0.25, -0.2) is 13.2 Å². The molecule has 0 aromatic carbocycles. The van der Waals surface area contributed by atoms with Crippen LogP contribution in [0.15, 0.2) is 10.3 Å². The smallest absolute Gasteiger partial charge is 0.349 e. The Balaban J connectivity index is 2.01. The van der Waals surface area contributed by atoms with Crippen LogP contribution >= 0.6 is 11.3 Å². The van der Waals surface area contributed by atoms with Crippen LogP contribution in [0.3, 0.4) is 0 Å². The lowest BCUT2D eigenvalue weighted by atomic mass is 9.81. The number of aliphatic carboxylic acids is 1. The fourth-order valence-electron chi connectivity index (χ4n) is 3.89. The normalized spacial score (nSPS) is 27.2. The number of carboxylic acid groups (broad SMARTS) is 1. The SMILES string of the molecule is COC(=O)c1scc(C)c1S(=O)(=O)N1C[C@@H]2CCC[C@@]2(C(=O)O)C1. The van der Waals surface area contributed by atoms with Crippen molar-refractivity contribution in [2.45, 2.75) is 31.1 Å². The van der Waals surface area contributed by atoms with Crippen molar-refractivity contribution in [3.8, 4) is 0 Å². The molecule has 1 aliphatic heterocycles. The zero-order valence-corrected chi connectivity index (χ0v) is 15.1. The number of sulfonamides is 1. The molecule has 9 heteroatoms. The van der Waals surface area contributed by atoms with Gasteiger partial charge >= 0.3 is 11.9 Å². The number of fused-ring (bicyclic) bond motifs is 1. The van der Waals surface area contributed by atoms with E-state index < -0.39 is 27.4 Å². The minimum Gasteiger partial charge on any atom is -0.481 e. The van der Waals surface area contributed by atoms with E-state index in [2.05, 4.69) is 4.74 Å². The Morgan fingerprint density at radius 2 is 2.17 bits per heavy atom. The average molecular weight is 373 g/mol. The van der Waals surface area contributed by atoms with E-state index in [1.54, 1.807) is 12.3 Å². The molecule has 132 valence electrons. The minimum atomic E-state index is -3.95. The molecule has 24 heavy (non-hydrogen) atoms. The van der Waals surface area contributed by atoms with Gasteiger partial charge in [-0.2, -0.15) is 4.31 Å². The van der Waals surface area contributed by atoms with E-state index in [1.807, 2.05) is 0 Å². The Bertz CT molecular complexity index is 799. The van der Waals surface area contributed by atoms with Crippen LogP contribution in [0.1, 0.15) is 34.5 Å². The molecule has 0 amide bonds. The van der Waals surface area contributed by atoms with Gasteiger partial charge in [0.2, 0.25) is 10.0 Å². The van der Waals surface area contributed by atoms with Crippen LogP contribution < -0.4 is 0 Å². The van der Waals surface area contributed by atoms with Crippen LogP contribution in [0, 0.1) is 18.3 Å². The molecule has 3 rings (SSSR count). The van der Waals surface area contributed by atoms with E-state index in [1.165, 1.54) is 11.4 Å². The van der Waals surface area contributed by atoms with Gasteiger partial charge in [0.15, 0.2) is 0 Å². The number of carbonyl (C=O) groups is 2. The van der Waals surface area contributed by atoms with Crippen LogP contribution in [0.4, 0.5) is 0 Å². The Morgan fingerprint density at radius 1 is 1.46 bits per heavy atom. The predicted molar refractivity (Wildman–Crippen MR) is 86.6 cm³/mol. The van der Waals surface area contributed by atoms with Gasteiger partial charge in [0.05, 0.1) is 12.5 Å². The molecule has 1 N–H and O–H groups in total. The summed E-state index contributed by atoms with van der Waals surface area (Å²) in [5.41, 5.74) is -0.524. The Kier molecular flexibility index (Phi) is 4.21. The average Bonchev–Trinajstić information content (AvgIpc) is 3.17. The summed E-state index contributed by atoms with van der Waals surface area (Å²) in [6.07, 6.45) is 2.01. The van der Waals surface area contributed by atoms with Crippen molar-refractivity contribution in [3.63, 3.8) is 0 Å². The van der Waals surface area contributed by atoms with Crippen LogP contribution in [0.25, 0.3) is 0 Å². The highest BCUT2D eigenvalue weighted by molar-refractivity contribution is 7.89. The Hall–Kier alpha value is -1.45. The first kappa shape index (κ1) is 17.4. The van der Waals surface area contributed by atoms with Gasteiger partial charge in [0, 0.05) is 13.1 Å². The van der Waals surface area contributed by atoms with E-state index in [0.717, 1.165) is 17.8 Å². The van der Waals surface area contributed by atoms with Crippen molar-refractivity contribution >= 4 is 33.3 Å². The van der Waals surface area contributed by atoms with Crippen LogP contribution in [-0.2, 0) is 19.6 Å². The summed E-state index contributed by atoms with van der Waals surface area (Å²) in [6.45, 7) is 1.77. The molecule has 1 saturated heterocycles. The Morgan fingerprint density at radius 3 is 2.75 bits per heavy atom. The molecule has 2 fully saturated rings. The molecular formula is C15H19NO6S2. The fourth-order valence-corrected chi connectivity index (χ4v) is 7.11. The minimum absolute atomic E-state index is 0.0365. The van der Waals surface area contributed by atoms with Crippen molar-refractivity contribution in [1.82, 2.24) is 4.31 Å². The molecule has 2 heterocycles. The van der Waals surface area contributed by atoms with Gasteiger partial charge in [-0.3, -0.25) is 4.79 Å². The second-order valence-corrected chi connectivity index (χ2v) is 9.17. The zero-order chi connectivity index (χ0) is 17.7. The molecule has 1 aromatic heterocycles. The molecule has 1 aromatic rings. The van der Waals surface area contributed by atoms with Crippen molar-refractivity contribution in [3.05, 3.63) is 15.8 Å². The lowest BCUT2D eigenvalue weighted by Gasteiger charge is -2.23. The number of nitrogens with zero attached hydrogens (tertiary/aromatic N) is 1. The highest BCUT2D eigenvalue weighted by Gasteiger charge is 2.57. The fraction of sp³-hybridized carbons (Fsp3) is 0.600. The van der Waals surface area contributed by atoms with Gasteiger partial charge in [-0.15, -0.1) is 11.3 Å². The van der Waals surface area contributed by atoms with E-state index in [4.69, 9.17) is 0 Å². The second-order valence-electron chi connectivity index (χ2n) is 6.42. The van der Waals surface area contributed by atoms with E-state index in [0.29, 0.717) is 18.4 Å². The highest BCUT2D eigenvalue weighted by atomic mass is 32.2. The standard InChI is InChI=1S/C15H19NO6S2/c1-9-7-23-11(13(17)22-2)12(9)24(20,21)16-6-10-4-3-5-15(10,8-16)14(18)19/h7,10H,3-6,8H2,1-2H3,(H,18,19)/t10-,15+/m0/s1. The lowest BCUT2D eigenvalue weighted by molar-refractivity contribution is -0.149. The monoisotopic (exact) mass is 373 g/mol. The van der Waals surface area contributed by atoms with Crippen molar-refractivity contribution in [2.24, 2.45) is 11.3 Å². The third-order valence-electron chi connectivity index (χ3n) is 5.15. The topological polar surface area (TPSA) is 101 Å². The summed E-state index contributed by atoms with van der Waals surface area (Å²) >= 11 is 1.02. The predicted octanol–water partition coefficient (Wildman–Crippen LogP) is 1.72. The molecule has 7 nitrogen and oxygen atoms in total. The van der Waals surface area contributed by atoms with Crippen LogP contribution in [0.2, 0.25) is 0 Å². The number of methoxy groups -OCH3 is 1. The summed E-state index contributed by atoms with van der Waals surface area (Å²) in [4.78, 5) is 23.6. The van der Waals surface area contributed by atoms with E-state index >= 15 is 0 Å². The molecule has 0 spiro atoms. The molecule has 0 unspecified atom stereocenters. The van der Waals surface area contributed by atoms with Gasteiger partial charge in [-0.1, -0.05) is 6.42 Å². The summed E-state index contributed by atoms with van der Waals surface area (Å²) in [5, 5.41) is 11.2. The summed E-state index contributed by atoms with van der Waals surface area (Å²) in [6, 6.07) is 0. The first-order valence-corrected chi connectivity index (χ1v) is 9.96. The first-order valence-electron chi connectivity index (χ1n) is 7.64. The van der Waals surface area contributed by atoms with Gasteiger partial charge in [0.25, 0.3) is 0 Å². The number of hydrogen-bond acceptors (Lipinski definition) is 6. The maximum Gasteiger partial charge on any atom is 0.349 e. The van der Waals surface area contributed by atoms with E-state index in [-0.39, 0.29) is 28.8 Å². The maximum absolute atomic E-state index is 13.1. The number of carbonyl (C=O) groups excluding carboxylic acids is 1. The third-order valence-corrected chi connectivity index (χ3v) is 8.36. The molecule has 0 bridgehead atoms. The largest absolute Gasteiger partial charge is 0.481 e. The Labute approximate surface area is 144 Å². The van der Waals surface area contributed by atoms with Gasteiger partial charge in [0.1, 0.15) is 9.77 Å². The third kappa shape index (κ3) is 2.37. The molecular weight excluding hydrogens is 354 g/mol. The lowest BCUT2D eigenvalue weighted by Crippen LogP contribution is -2.37. The molecule has 2 atom stereocenters. The van der Waals surface area contributed by atoms with Crippen molar-refractivity contribution in [1.29, 1.82) is 0 Å². The number of esters is 1. The first-order chi connectivity index (χ1) is 11.2. The number of ether oxygens (including phenoxy) is 1. The van der Waals surface area contributed by atoms with Gasteiger partial charge < -0.3 is 9.84 Å².